The van der Waals surface area contributed by atoms with Gasteiger partial charge in [0.1, 0.15) is 5.75 Å². The number of fused-ring (bicyclic) bond motifs is 1. The number of pyridine rings is 1. The third kappa shape index (κ3) is 6.36. The fourth-order valence-corrected chi connectivity index (χ4v) is 5.64. The first kappa shape index (κ1) is 29.0. The van der Waals surface area contributed by atoms with Crippen LogP contribution >= 0.6 is 0 Å². The summed E-state index contributed by atoms with van der Waals surface area (Å²) in [5.41, 5.74) is 2.62. The van der Waals surface area contributed by atoms with Gasteiger partial charge in [-0.2, -0.15) is 15.3 Å². The number of rotatable bonds is 8. The zero-order valence-electron chi connectivity index (χ0n) is 24.0. The zero-order chi connectivity index (χ0) is 30.0. The third-order valence-electron chi connectivity index (χ3n) is 6.66. The summed E-state index contributed by atoms with van der Waals surface area (Å²) < 4.78 is 36.5. The minimum atomic E-state index is -1.43. The Morgan fingerprint density at radius 1 is 1.14 bits per heavy atom. The Morgan fingerprint density at radius 3 is 2.64 bits per heavy atom. The number of aryl methyl sites for hydroxylation is 1. The van der Waals surface area contributed by atoms with Crippen LogP contribution < -0.4 is 10.1 Å². The highest BCUT2D eigenvalue weighted by Gasteiger charge is 2.20. The summed E-state index contributed by atoms with van der Waals surface area (Å²) in [6.45, 7) is 9.58. The monoisotopic (exact) mass is 586 g/mol. The minimum Gasteiger partial charge on any atom is -0.453 e. The molecule has 0 saturated carbocycles. The molecule has 2 unspecified atom stereocenters. The fraction of sp³-hybridized carbons (Fsp3) is 0.258. The normalized spacial score (nSPS) is 13.1. The van der Waals surface area contributed by atoms with Crippen molar-refractivity contribution < 1.29 is 18.1 Å². The standard InChI is InChI=1S/C31H31FN6O3S/c1-19-13-21(15-29(39)36-22-17-35-38(18-22)31(3,4)5)14-25(32)30(19)41-28-10-12-33-27-9-8-23(16-24(27)28)42(40)20(2)26-7-6-11-34-37-26/h6-14,16-18,20H,15H2,1-5H3,(H,36,39). The van der Waals surface area contributed by atoms with E-state index < -0.39 is 21.9 Å². The molecule has 2 atom stereocenters. The Kier molecular flexibility index (Phi) is 8.13. The second kappa shape index (κ2) is 11.8. The van der Waals surface area contributed by atoms with E-state index in [2.05, 4.69) is 25.6 Å². The molecule has 0 fully saturated rings. The highest BCUT2D eigenvalue weighted by molar-refractivity contribution is 7.85. The smallest absolute Gasteiger partial charge is 0.228 e. The van der Waals surface area contributed by atoms with Crippen molar-refractivity contribution in [1.82, 2.24) is 25.0 Å². The van der Waals surface area contributed by atoms with Crippen molar-refractivity contribution in [2.24, 2.45) is 0 Å². The van der Waals surface area contributed by atoms with Crippen LogP contribution in [-0.4, -0.2) is 35.1 Å². The minimum absolute atomic E-state index is 0.0178. The van der Waals surface area contributed by atoms with Gasteiger partial charge >= 0.3 is 0 Å². The highest BCUT2D eigenvalue weighted by Crippen LogP contribution is 2.35. The summed E-state index contributed by atoms with van der Waals surface area (Å²) in [6.07, 6.45) is 6.47. The molecule has 3 heterocycles. The second-order valence-corrected chi connectivity index (χ2v) is 12.7. The SMILES string of the molecule is Cc1cc(CC(=O)Nc2cnn(C(C)(C)C)c2)cc(F)c1Oc1ccnc2ccc(S(=O)C(C)c3cccnn3)cc12. The summed E-state index contributed by atoms with van der Waals surface area (Å²) >= 11 is 0. The van der Waals surface area contributed by atoms with Crippen LogP contribution in [0.25, 0.3) is 10.9 Å². The van der Waals surface area contributed by atoms with E-state index in [1.54, 1.807) is 78.9 Å². The van der Waals surface area contributed by atoms with Gasteiger partial charge in [0.2, 0.25) is 5.91 Å². The van der Waals surface area contributed by atoms with Crippen molar-refractivity contribution in [1.29, 1.82) is 0 Å². The van der Waals surface area contributed by atoms with E-state index in [0.29, 0.717) is 44.1 Å². The van der Waals surface area contributed by atoms with Gasteiger partial charge in [-0.15, -0.1) is 0 Å². The molecule has 0 spiro atoms. The van der Waals surface area contributed by atoms with Crippen LogP contribution in [0.3, 0.4) is 0 Å². The number of carbonyl (C=O) groups is 1. The number of benzene rings is 2. The van der Waals surface area contributed by atoms with Gasteiger partial charge in [-0.05, 0) is 88.2 Å². The predicted molar refractivity (Wildman–Crippen MR) is 159 cm³/mol. The molecule has 0 aliphatic heterocycles. The summed E-state index contributed by atoms with van der Waals surface area (Å²) in [5.74, 6) is -0.474. The average Bonchev–Trinajstić information content (AvgIpc) is 3.43. The number of hydrogen-bond donors (Lipinski definition) is 1. The van der Waals surface area contributed by atoms with E-state index in [1.807, 2.05) is 27.7 Å². The molecule has 2 aromatic carbocycles. The fourth-order valence-electron chi connectivity index (χ4n) is 4.45. The lowest BCUT2D eigenvalue weighted by Gasteiger charge is -2.18. The Bertz CT molecular complexity index is 1760. The quantitative estimate of drug-likeness (QED) is 0.228. The van der Waals surface area contributed by atoms with Gasteiger partial charge in [-0.1, -0.05) is 6.07 Å². The molecule has 0 aliphatic carbocycles. The van der Waals surface area contributed by atoms with Gasteiger partial charge in [-0.3, -0.25) is 18.7 Å². The predicted octanol–water partition coefficient (Wildman–Crippen LogP) is 6.27. The van der Waals surface area contributed by atoms with Gasteiger partial charge in [0.05, 0.1) is 51.1 Å². The van der Waals surface area contributed by atoms with Crippen LogP contribution in [0, 0.1) is 12.7 Å². The van der Waals surface area contributed by atoms with Crippen LogP contribution in [0.2, 0.25) is 0 Å². The number of anilines is 1. The molecule has 9 nitrogen and oxygen atoms in total. The van der Waals surface area contributed by atoms with Crippen molar-refractivity contribution in [2.75, 3.05) is 5.32 Å². The highest BCUT2D eigenvalue weighted by atomic mass is 32.2. The van der Waals surface area contributed by atoms with E-state index in [1.165, 1.54) is 6.07 Å². The number of carbonyl (C=O) groups excluding carboxylic acids is 1. The Morgan fingerprint density at radius 2 is 1.95 bits per heavy atom. The van der Waals surface area contributed by atoms with Gasteiger partial charge in [0, 0.05) is 28.9 Å². The van der Waals surface area contributed by atoms with E-state index in [4.69, 9.17) is 4.74 Å². The largest absolute Gasteiger partial charge is 0.453 e. The molecule has 0 aliphatic rings. The van der Waals surface area contributed by atoms with Gasteiger partial charge in [0.25, 0.3) is 0 Å². The van der Waals surface area contributed by atoms with E-state index in [9.17, 15) is 9.00 Å². The second-order valence-electron chi connectivity index (χ2n) is 11.0. The van der Waals surface area contributed by atoms with Crippen molar-refractivity contribution in [3.8, 4) is 11.5 Å². The van der Waals surface area contributed by atoms with Crippen LogP contribution in [0.5, 0.6) is 11.5 Å². The molecule has 0 bridgehead atoms. The lowest BCUT2D eigenvalue weighted by molar-refractivity contribution is -0.115. The molecule has 5 rings (SSSR count). The van der Waals surface area contributed by atoms with Crippen LogP contribution in [0.15, 0.2) is 78.2 Å². The summed E-state index contributed by atoms with van der Waals surface area (Å²) in [4.78, 5) is 17.6. The molecule has 0 radical (unpaired) electrons. The molecule has 1 N–H and O–H groups in total. The summed E-state index contributed by atoms with van der Waals surface area (Å²) in [5, 5.41) is 15.3. The molecule has 3 aromatic heterocycles. The number of halogens is 1. The molecule has 11 heteroatoms. The summed E-state index contributed by atoms with van der Waals surface area (Å²) in [7, 11) is -1.43. The van der Waals surface area contributed by atoms with Crippen molar-refractivity contribution >= 4 is 33.3 Å². The average molecular weight is 587 g/mol. The van der Waals surface area contributed by atoms with E-state index >= 15 is 4.39 Å². The van der Waals surface area contributed by atoms with Crippen LogP contribution in [0.1, 0.15) is 49.8 Å². The van der Waals surface area contributed by atoms with Gasteiger partial charge < -0.3 is 10.1 Å². The third-order valence-corrected chi connectivity index (χ3v) is 8.26. The lowest BCUT2D eigenvalue weighted by atomic mass is 10.1. The van der Waals surface area contributed by atoms with E-state index in [0.717, 1.165) is 0 Å². The first-order chi connectivity index (χ1) is 20.0. The number of aromatic nitrogens is 5. The van der Waals surface area contributed by atoms with Crippen LogP contribution in [-0.2, 0) is 27.6 Å². The topological polar surface area (TPSA) is 112 Å². The Hall–Kier alpha value is -4.51. The van der Waals surface area contributed by atoms with Crippen LogP contribution in [0.4, 0.5) is 10.1 Å². The maximum absolute atomic E-state index is 15.4. The lowest BCUT2D eigenvalue weighted by Crippen LogP contribution is -2.22. The van der Waals surface area contributed by atoms with Crippen molar-refractivity contribution in [3.05, 3.63) is 96.0 Å². The number of nitrogens with zero attached hydrogens (tertiary/aromatic N) is 5. The van der Waals surface area contributed by atoms with Crippen molar-refractivity contribution in [2.45, 2.75) is 56.7 Å². The first-order valence-corrected chi connectivity index (χ1v) is 14.6. The summed E-state index contributed by atoms with van der Waals surface area (Å²) in [6, 6.07) is 13.5. The van der Waals surface area contributed by atoms with Gasteiger partial charge in [0.15, 0.2) is 11.6 Å². The number of amides is 1. The van der Waals surface area contributed by atoms with Crippen molar-refractivity contribution in [3.63, 3.8) is 0 Å². The molecule has 1 amide bonds. The molecular weight excluding hydrogens is 555 g/mol. The maximum Gasteiger partial charge on any atom is 0.228 e. The number of ether oxygens (including phenoxy) is 1. The zero-order valence-corrected chi connectivity index (χ0v) is 24.8. The molecule has 216 valence electrons. The Balaban J connectivity index is 1.35. The van der Waals surface area contributed by atoms with Gasteiger partial charge in [-0.25, -0.2) is 4.39 Å². The molecular formula is C31H31FN6O3S. The Labute approximate surface area is 245 Å². The maximum atomic E-state index is 15.4. The molecule has 42 heavy (non-hydrogen) atoms. The number of hydrogen-bond acceptors (Lipinski definition) is 7. The number of nitrogens with one attached hydrogen (secondary N) is 1. The first-order valence-electron chi connectivity index (χ1n) is 13.4. The molecule has 5 aromatic rings. The molecule has 0 saturated heterocycles. The van der Waals surface area contributed by atoms with E-state index in [-0.39, 0.29) is 23.6 Å².